The fraction of sp³-hybridized carbons (Fsp3) is 0.400. The SMILES string of the molecule is NC(=O)Oc1ccc(CN2CC3(CCN(CC[CH]c4ccccc4)CC3)CC2=O)cc1. The van der Waals surface area contributed by atoms with Crippen LogP contribution in [0.4, 0.5) is 4.79 Å². The maximum atomic E-state index is 12.7. The van der Waals surface area contributed by atoms with E-state index in [0.29, 0.717) is 18.7 Å². The number of carbonyl (C=O) groups is 2. The van der Waals surface area contributed by atoms with Gasteiger partial charge in [-0.05, 0) is 74.0 Å². The van der Waals surface area contributed by atoms with Crippen LogP contribution in [0.25, 0.3) is 0 Å². The second kappa shape index (κ2) is 9.52. The summed E-state index contributed by atoms with van der Waals surface area (Å²) in [5, 5.41) is 0. The van der Waals surface area contributed by atoms with Crippen LogP contribution in [-0.4, -0.2) is 48.0 Å². The van der Waals surface area contributed by atoms with Gasteiger partial charge in [0.25, 0.3) is 0 Å². The standard InChI is InChI=1S/C25H30N3O3/c26-24(30)31-22-10-8-21(9-11-22)18-28-19-25(17-23(28)29)12-15-27(16-13-25)14-4-7-20-5-2-1-3-6-20/h1-3,5-11H,4,12-19H2,(H2,26,30). The molecular formula is C25H30N3O3. The molecule has 2 aromatic rings. The Hall–Kier alpha value is -2.86. The highest BCUT2D eigenvalue weighted by Gasteiger charge is 2.44. The van der Waals surface area contributed by atoms with E-state index in [4.69, 9.17) is 10.5 Å². The molecule has 2 aliphatic rings. The molecule has 2 saturated heterocycles. The van der Waals surface area contributed by atoms with Gasteiger partial charge >= 0.3 is 6.09 Å². The van der Waals surface area contributed by atoms with Crippen molar-refractivity contribution in [3.8, 4) is 5.75 Å². The lowest BCUT2D eigenvalue weighted by Gasteiger charge is -2.38. The molecule has 1 radical (unpaired) electrons. The normalized spacial score (nSPS) is 18.5. The third kappa shape index (κ3) is 5.64. The molecule has 4 rings (SSSR count). The number of ether oxygens (including phenoxy) is 1. The Kier molecular flexibility index (Phi) is 6.56. The summed E-state index contributed by atoms with van der Waals surface area (Å²) in [6, 6.07) is 17.6. The molecular weight excluding hydrogens is 390 g/mol. The minimum atomic E-state index is -0.825. The molecule has 31 heavy (non-hydrogen) atoms. The molecule has 6 heteroatoms. The molecule has 2 aromatic carbocycles. The van der Waals surface area contributed by atoms with E-state index in [0.717, 1.165) is 51.0 Å². The summed E-state index contributed by atoms with van der Waals surface area (Å²) in [7, 11) is 0. The predicted octanol–water partition coefficient (Wildman–Crippen LogP) is 3.60. The number of carbonyl (C=O) groups excluding carboxylic acids is 2. The van der Waals surface area contributed by atoms with E-state index < -0.39 is 6.09 Å². The fourth-order valence-corrected chi connectivity index (χ4v) is 4.71. The number of amides is 2. The Balaban J connectivity index is 1.24. The van der Waals surface area contributed by atoms with Gasteiger partial charge in [-0.2, -0.15) is 0 Å². The van der Waals surface area contributed by atoms with Crippen LogP contribution < -0.4 is 10.5 Å². The van der Waals surface area contributed by atoms with E-state index in [9.17, 15) is 9.59 Å². The van der Waals surface area contributed by atoms with Crippen molar-refractivity contribution in [2.24, 2.45) is 11.1 Å². The first kappa shape index (κ1) is 21.4. The number of benzene rings is 2. The van der Waals surface area contributed by atoms with Gasteiger partial charge in [-0.15, -0.1) is 0 Å². The number of rotatable bonds is 7. The van der Waals surface area contributed by atoms with Crippen molar-refractivity contribution in [1.29, 1.82) is 0 Å². The average molecular weight is 421 g/mol. The highest BCUT2D eigenvalue weighted by atomic mass is 16.5. The van der Waals surface area contributed by atoms with Crippen molar-refractivity contribution in [1.82, 2.24) is 9.80 Å². The molecule has 6 nitrogen and oxygen atoms in total. The molecule has 2 fully saturated rings. The molecule has 163 valence electrons. The number of hydrogen-bond donors (Lipinski definition) is 1. The van der Waals surface area contributed by atoms with E-state index in [1.165, 1.54) is 5.56 Å². The fourth-order valence-electron chi connectivity index (χ4n) is 4.71. The van der Waals surface area contributed by atoms with Gasteiger partial charge in [0.05, 0.1) is 0 Å². The van der Waals surface area contributed by atoms with Gasteiger partial charge in [0, 0.05) is 19.5 Å². The highest BCUT2D eigenvalue weighted by molar-refractivity contribution is 5.79. The summed E-state index contributed by atoms with van der Waals surface area (Å²) in [6.07, 6.45) is 5.33. The summed E-state index contributed by atoms with van der Waals surface area (Å²) in [6.45, 7) is 4.61. The zero-order chi connectivity index (χ0) is 21.7. The minimum Gasteiger partial charge on any atom is -0.411 e. The smallest absolute Gasteiger partial charge is 0.409 e. The average Bonchev–Trinajstić information content (AvgIpc) is 3.06. The Morgan fingerprint density at radius 1 is 1.06 bits per heavy atom. The van der Waals surface area contributed by atoms with E-state index in [2.05, 4.69) is 35.6 Å². The van der Waals surface area contributed by atoms with Crippen LogP contribution >= 0.6 is 0 Å². The van der Waals surface area contributed by atoms with Crippen LogP contribution in [0.15, 0.2) is 54.6 Å². The molecule has 2 heterocycles. The molecule has 0 bridgehead atoms. The number of nitrogens with two attached hydrogens (primary N) is 1. The largest absolute Gasteiger partial charge is 0.411 e. The third-order valence-corrected chi connectivity index (χ3v) is 6.46. The molecule has 0 unspecified atom stereocenters. The second-order valence-corrected chi connectivity index (χ2v) is 8.74. The van der Waals surface area contributed by atoms with Crippen molar-refractivity contribution in [3.05, 3.63) is 72.1 Å². The van der Waals surface area contributed by atoms with Crippen molar-refractivity contribution >= 4 is 12.0 Å². The summed E-state index contributed by atoms with van der Waals surface area (Å²) in [5.41, 5.74) is 7.46. The Morgan fingerprint density at radius 2 is 1.77 bits per heavy atom. The molecule has 0 atom stereocenters. The number of primary amides is 1. The summed E-state index contributed by atoms with van der Waals surface area (Å²) >= 11 is 0. The van der Waals surface area contributed by atoms with E-state index in [-0.39, 0.29) is 11.3 Å². The number of nitrogens with zero attached hydrogens (tertiary/aromatic N) is 2. The van der Waals surface area contributed by atoms with Gasteiger partial charge in [-0.1, -0.05) is 42.5 Å². The maximum absolute atomic E-state index is 12.7. The summed E-state index contributed by atoms with van der Waals surface area (Å²) in [5.74, 6) is 0.653. The quantitative estimate of drug-likeness (QED) is 0.743. The van der Waals surface area contributed by atoms with Gasteiger partial charge < -0.3 is 20.3 Å². The molecule has 0 aliphatic carbocycles. The first-order valence-electron chi connectivity index (χ1n) is 11.0. The summed E-state index contributed by atoms with van der Waals surface area (Å²) in [4.78, 5) is 28.0. The summed E-state index contributed by atoms with van der Waals surface area (Å²) < 4.78 is 4.86. The van der Waals surface area contributed by atoms with Crippen LogP contribution in [0.5, 0.6) is 5.75 Å². The first-order chi connectivity index (χ1) is 15.0. The zero-order valence-electron chi connectivity index (χ0n) is 17.8. The molecule has 2 amide bonds. The monoisotopic (exact) mass is 420 g/mol. The van der Waals surface area contributed by atoms with E-state index in [1.54, 1.807) is 12.1 Å². The van der Waals surface area contributed by atoms with Crippen molar-refractivity contribution < 1.29 is 14.3 Å². The number of piperidine rings is 1. The lowest BCUT2D eigenvalue weighted by molar-refractivity contribution is -0.128. The topological polar surface area (TPSA) is 75.9 Å². The minimum absolute atomic E-state index is 0.117. The molecule has 1 spiro atoms. The van der Waals surface area contributed by atoms with E-state index >= 15 is 0 Å². The number of likely N-dealkylation sites (tertiary alicyclic amines) is 2. The Bertz CT molecular complexity index is 890. The Morgan fingerprint density at radius 3 is 2.45 bits per heavy atom. The predicted molar refractivity (Wildman–Crippen MR) is 119 cm³/mol. The lowest BCUT2D eigenvalue weighted by Crippen LogP contribution is -2.41. The van der Waals surface area contributed by atoms with Crippen molar-refractivity contribution in [2.45, 2.75) is 32.2 Å². The maximum Gasteiger partial charge on any atom is 0.409 e. The van der Waals surface area contributed by atoms with Gasteiger partial charge in [-0.3, -0.25) is 4.79 Å². The van der Waals surface area contributed by atoms with Gasteiger partial charge in [0.2, 0.25) is 5.91 Å². The van der Waals surface area contributed by atoms with Crippen LogP contribution in [0.1, 0.15) is 36.8 Å². The second-order valence-electron chi connectivity index (χ2n) is 8.74. The van der Waals surface area contributed by atoms with Gasteiger partial charge in [0.15, 0.2) is 0 Å². The zero-order valence-corrected chi connectivity index (χ0v) is 17.8. The first-order valence-corrected chi connectivity index (χ1v) is 11.0. The molecule has 2 aliphatic heterocycles. The lowest BCUT2D eigenvalue weighted by atomic mass is 9.77. The van der Waals surface area contributed by atoms with Gasteiger partial charge in [0.1, 0.15) is 5.75 Å². The van der Waals surface area contributed by atoms with Crippen LogP contribution in [-0.2, 0) is 11.3 Å². The van der Waals surface area contributed by atoms with Crippen molar-refractivity contribution in [3.63, 3.8) is 0 Å². The molecule has 2 N–H and O–H groups in total. The van der Waals surface area contributed by atoms with E-state index in [1.807, 2.05) is 23.1 Å². The Labute approximate surface area is 184 Å². The van der Waals surface area contributed by atoms with Crippen molar-refractivity contribution in [2.75, 3.05) is 26.2 Å². The van der Waals surface area contributed by atoms with Crippen LogP contribution in [0, 0.1) is 11.8 Å². The third-order valence-electron chi connectivity index (χ3n) is 6.46. The van der Waals surface area contributed by atoms with Crippen LogP contribution in [0.3, 0.4) is 0 Å². The molecule has 0 saturated carbocycles. The van der Waals surface area contributed by atoms with Gasteiger partial charge in [-0.25, -0.2) is 4.79 Å². The van der Waals surface area contributed by atoms with Crippen LogP contribution in [0.2, 0.25) is 0 Å². The number of hydrogen-bond acceptors (Lipinski definition) is 4. The highest BCUT2D eigenvalue weighted by Crippen LogP contribution is 2.41. The molecule has 0 aromatic heterocycles.